The Balaban J connectivity index is 1.76. The molecule has 0 bridgehead atoms. The summed E-state index contributed by atoms with van der Waals surface area (Å²) in [5.41, 5.74) is 8.30. The van der Waals surface area contributed by atoms with Crippen molar-refractivity contribution < 1.29 is 19.1 Å². The third-order valence-corrected chi connectivity index (χ3v) is 6.43. The Morgan fingerprint density at radius 2 is 1.88 bits per heavy atom. The highest BCUT2D eigenvalue weighted by atomic mass is 35.5. The first kappa shape index (κ1) is 23.5. The second-order valence-electron chi connectivity index (χ2n) is 7.54. The predicted octanol–water partition coefficient (Wildman–Crippen LogP) is 4.98. The van der Waals surface area contributed by atoms with Crippen LogP contribution in [0.15, 0.2) is 60.7 Å². The lowest BCUT2D eigenvalue weighted by molar-refractivity contribution is -0.119. The summed E-state index contributed by atoms with van der Waals surface area (Å²) in [4.78, 5) is 31.3. The average molecular weight is 496 g/mol. The average Bonchev–Trinajstić information content (AvgIpc) is 3.27. The van der Waals surface area contributed by atoms with Crippen LogP contribution in [0.5, 0.6) is 11.5 Å². The zero-order chi connectivity index (χ0) is 24.2. The number of hydrogen-bond acceptors (Lipinski definition) is 6. The number of aromatic nitrogens is 1. The van der Waals surface area contributed by atoms with Gasteiger partial charge < -0.3 is 15.2 Å². The number of benzene rings is 3. The summed E-state index contributed by atoms with van der Waals surface area (Å²) < 4.78 is 11.7. The Hall–Kier alpha value is -3.62. The van der Waals surface area contributed by atoms with E-state index in [2.05, 4.69) is 0 Å². The van der Waals surface area contributed by atoms with E-state index in [0.29, 0.717) is 17.2 Å². The minimum Gasteiger partial charge on any atom is -0.493 e. The normalized spacial score (nSPS) is 10.8. The first-order valence-corrected chi connectivity index (χ1v) is 11.6. The second kappa shape index (κ2) is 10.1. The number of nitrogens with zero attached hydrogens (tertiary/aromatic N) is 2. The number of carbonyl (C=O) groups is 2. The third-order valence-electron chi connectivity index (χ3n) is 5.10. The van der Waals surface area contributed by atoms with Crippen LogP contribution < -0.4 is 20.1 Å². The van der Waals surface area contributed by atoms with Crippen molar-refractivity contribution >= 4 is 50.1 Å². The van der Waals surface area contributed by atoms with Gasteiger partial charge in [-0.05, 0) is 36.2 Å². The molecule has 2 N–H and O–H groups in total. The molecule has 34 heavy (non-hydrogen) atoms. The van der Waals surface area contributed by atoms with Gasteiger partial charge in [0.25, 0.3) is 11.8 Å². The Morgan fingerprint density at radius 1 is 1.12 bits per heavy atom. The highest BCUT2D eigenvalue weighted by molar-refractivity contribution is 7.22. The summed E-state index contributed by atoms with van der Waals surface area (Å²) in [6.45, 7) is 1.94. The van der Waals surface area contributed by atoms with Crippen LogP contribution in [0.3, 0.4) is 0 Å². The monoisotopic (exact) mass is 495 g/mol. The molecular weight excluding hydrogens is 474 g/mol. The lowest BCUT2D eigenvalue weighted by Gasteiger charge is -2.21. The number of anilines is 1. The summed E-state index contributed by atoms with van der Waals surface area (Å²) in [7, 11) is 1.43. The Kier molecular flexibility index (Phi) is 7.00. The fourth-order valence-corrected chi connectivity index (χ4v) is 4.77. The number of carbonyl (C=O) groups excluding carboxylic acids is 2. The molecule has 0 aliphatic heterocycles. The first-order chi connectivity index (χ1) is 16.4. The van der Waals surface area contributed by atoms with Crippen molar-refractivity contribution in [3.63, 3.8) is 0 Å². The maximum absolute atomic E-state index is 13.8. The highest BCUT2D eigenvalue weighted by Gasteiger charge is 2.25. The number of amides is 2. The lowest BCUT2D eigenvalue weighted by Crippen LogP contribution is -2.30. The number of halogens is 1. The Labute approximate surface area is 205 Å². The summed E-state index contributed by atoms with van der Waals surface area (Å²) in [5.74, 6) is -0.595. The molecular formula is C25H22ClN3O4S. The summed E-state index contributed by atoms with van der Waals surface area (Å²) in [6.07, 6.45) is 0. The number of primary amides is 1. The molecule has 4 aromatic rings. The van der Waals surface area contributed by atoms with E-state index in [4.69, 9.17) is 31.8 Å². The molecule has 4 rings (SSSR count). The molecule has 0 saturated heterocycles. The number of thiazole rings is 1. The summed E-state index contributed by atoms with van der Waals surface area (Å²) in [6, 6.07) is 18.6. The molecule has 7 nitrogen and oxygen atoms in total. The molecule has 2 amide bonds. The van der Waals surface area contributed by atoms with Gasteiger partial charge in [0.05, 0.1) is 28.9 Å². The Morgan fingerprint density at radius 3 is 2.56 bits per heavy atom. The van der Waals surface area contributed by atoms with Gasteiger partial charge >= 0.3 is 0 Å². The van der Waals surface area contributed by atoms with E-state index in [0.717, 1.165) is 21.3 Å². The number of ether oxygens (including phenoxy) is 2. The fraction of sp³-hybridized carbons (Fsp3) is 0.160. The molecule has 0 unspecified atom stereocenters. The minimum atomic E-state index is -0.654. The summed E-state index contributed by atoms with van der Waals surface area (Å²) in [5, 5.41) is 0.700. The molecule has 0 atom stereocenters. The number of para-hydroxylation sites is 1. The van der Waals surface area contributed by atoms with E-state index in [1.165, 1.54) is 30.6 Å². The maximum atomic E-state index is 13.8. The van der Waals surface area contributed by atoms with Gasteiger partial charge in [0.2, 0.25) is 0 Å². The quantitative estimate of drug-likeness (QED) is 0.372. The van der Waals surface area contributed by atoms with Gasteiger partial charge in [-0.25, -0.2) is 4.98 Å². The number of nitrogens with two attached hydrogens (primary N) is 1. The van der Waals surface area contributed by atoms with Crippen LogP contribution in [-0.4, -0.2) is 30.5 Å². The lowest BCUT2D eigenvalue weighted by atomic mass is 10.1. The molecule has 0 spiro atoms. The van der Waals surface area contributed by atoms with Crippen molar-refractivity contribution in [2.45, 2.75) is 13.5 Å². The molecule has 3 aromatic carbocycles. The van der Waals surface area contributed by atoms with Crippen molar-refractivity contribution in [1.29, 1.82) is 0 Å². The van der Waals surface area contributed by atoms with Gasteiger partial charge in [0.15, 0.2) is 23.2 Å². The number of aryl methyl sites for hydroxylation is 1. The number of fused-ring (bicyclic) bond motifs is 1. The molecule has 1 aromatic heterocycles. The molecule has 0 aliphatic rings. The number of rotatable bonds is 8. The molecule has 174 valence electrons. The predicted molar refractivity (Wildman–Crippen MR) is 134 cm³/mol. The van der Waals surface area contributed by atoms with E-state index >= 15 is 0 Å². The van der Waals surface area contributed by atoms with Crippen molar-refractivity contribution in [3.05, 3.63) is 82.4 Å². The summed E-state index contributed by atoms with van der Waals surface area (Å²) >= 11 is 7.84. The van der Waals surface area contributed by atoms with E-state index in [9.17, 15) is 9.59 Å². The maximum Gasteiger partial charge on any atom is 0.260 e. The van der Waals surface area contributed by atoms with Gasteiger partial charge in [-0.2, -0.15) is 0 Å². The van der Waals surface area contributed by atoms with Crippen LogP contribution in [0.1, 0.15) is 21.5 Å². The van der Waals surface area contributed by atoms with E-state index in [1.807, 2.05) is 55.5 Å². The smallest absolute Gasteiger partial charge is 0.260 e. The second-order valence-corrected chi connectivity index (χ2v) is 8.96. The molecule has 0 radical (unpaired) electrons. The molecule has 0 fully saturated rings. The van der Waals surface area contributed by atoms with Gasteiger partial charge in [-0.15, -0.1) is 0 Å². The van der Waals surface area contributed by atoms with Gasteiger partial charge in [0, 0.05) is 5.56 Å². The van der Waals surface area contributed by atoms with Gasteiger partial charge in [0.1, 0.15) is 0 Å². The zero-order valence-electron chi connectivity index (χ0n) is 18.6. The van der Waals surface area contributed by atoms with Gasteiger partial charge in [-0.1, -0.05) is 65.4 Å². The molecule has 0 saturated carbocycles. The van der Waals surface area contributed by atoms with Crippen LogP contribution in [0.25, 0.3) is 10.2 Å². The van der Waals surface area contributed by atoms with Crippen LogP contribution in [0.2, 0.25) is 5.02 Å². The SMILES string of the molecule is COc1cc(C(=O)N(Cc2ccccc2)c2nc3c(C)cccc3s2)cc(Cl)c1OCC(N)=O. The van der Waals surface area contributed by atoms with Crippen molar-refractivity contribution in [2.75, 3.05) is 18.6 Å². The number of hydrogen-bond donors (Lipinski definition) is 1. The first-order valence-electron chi connectivity index (χ1n) is 10.4. The largest absolute Gasteiger partial charge is 0.493 e. The zero-order valence-corrected chi connectivity index (χ0v) is 20.2. The van der Waals surface area contributed by atoms with Crippen molar-refractivity contribution in [2.24, 2.45) is 5.73 Å². The molecule has 9 heteroatoms. The van der Waals surface area contributed by atoms with E-state index < -0.39 is 5.91 Å². The molecule has 1 heterocycles. The van der Waals surface area contributed by atoms with E-state index in [1.54, 1.807) is 4.90 Å². The van der Waals surface area contributed by atoms with Crippen LogP contribution >= 0.6 is 22.9 Å². The highest BCUT2D eigenvalue weighted by Crippen LogP contribution is 2.38. The van der Waals surface area contributed by atoms with Crippen molar-refractivity contribution in [3.8, 4) is 11.5 Å². The van der Waals surface area contributed by atoms with E-state index in [-0.39, 0.29) is 29.0 Å². The minimum absolute atomic E-state index is 0.128. The van der Waals surface area contributed by atoms with Gasteiger partial charge in [-0.3, -0.25) is 14.5 Å². The fourth-order valence-electron chi connectivity index (χ4n) is 3.46. The standard InChI is InChI=1S/C25H22ClN3O4S/c1-15-7-6-10-20-22(15)28-25(34-20)29(13-16-8-4-3-5-9-16)24(31)17-11-18(26)23(19(12-17)32-2)33-14-21(27)30/h3-12H,13-14H2,1-2H3,(H2,27,30). The number of methoxy groups -OCH3 is 1. The third kappa shape index (κ3) is 4.98. The van der Waals surface area contributed by atoms with Crippen molar-refractivity contribution in [1.82, 2.24) is 4.98 Å². The Bertz CT molecular complexity index is 1360. The molecule has 0 aliphatic carbocycles. The van der Waals surface area contributed by atoms with Crippen LogP contribution in [0.4, 0.5) is 5.13 Å². The van der Waals surface area contributed by atoms with Crippen LogP contribution in [-0.2, 0) is 11.3 Å². The van der Waals surface area contributed by atoms with Crippen LogP contribution in [0, 0.1) is 6.92 Å². The topological polar surface area (TPSA) is 94.8 Å².